The summed E-state index contributed by atoms with van der Waals surface area (Å²) >= 11 is 0. The zero-order valence-corrected chi connectivity index (χ0v) is 14.2. The summed E-state index contributed by atoms with van der Waals surface area (Å²) in [5.74, 6) is 0.630. The summed E-state index contributed by atoms with van der Waals surface area (Å²) in [5, 5.41) is 2.69. The van der Waals surface area contributed by atoms with Crippen molar-refractivity contribution in [3.05, 3.63) is 65.7 Å². The second-order valence-electron chi connectivity index (χ2n) is 6.38. The first-order valence-electron chi connectivity index (χ1n) is 8.65. The van der Waals surface area contributed by atoms with Crippen molar-refractivity contribution in [3.63, 3.8) is 0 Å². The molecule has 0 unspecified atom stereocenters. The maximum absolute atomic E-state index is 12.8. The second kappa shape index (κ2) is 7.00. The molecule has 0 radical (unpaired) electrons. The number of carbonyl (C=O) groups is 2. The van der Waals surface area contributed by atoms with E-state index in [1.807, 2.05) is 54.6 Å². The van der Waals surface area contributed by atoms with E-state index >= 15 is 0 Å². The number of alkyl carbamates (subject to hydrolysis) is 1. The fourth-order valence-electron chi connectivity index (χ4n) is 3.24. The highest BCUT2D eigenvalue weighted by molar-refractivity contribution is 6.05. The normalized spacial score (nSPS) is 18.5. The monoisotopic (exact) mass is 349 g/mol. The molecular formula is C20H19N3O3. The Hall–Kier alpha value is -3.15. The number of fused-ring (bicyclic) bond motifs is 2. The van der Waals surface area contributed by atoms with Crippen molar-refractivity contribution in [1.29, 1.82) is 0 Å². The zero-order chi connectivity index (χ0) is 17.9. The van der Waals surface area contributed by atoms with Gasteiger partial charge in [0, 0.05) is 6.42 Å². The molecule has 2 aromatic carbocycles. The first-order chi connectivity index (χ1) is 12.7. The number of nitrogens with zero attached hydrogens (tertiary/aromatic N) is 2. The van der Waals surface area contributed by atoms with Crippen molar-refractivity contribution in [1.82, 2.24) is 10.2 Å². The van der Waals surface area contributed by atoms with E-state index in [0.29, 0.717) is 19.4 Å². The van der Waals surface area contributed by atoms with Gasteiger partial charge in [0.25, 0.3) is 5.91 Å². The number of amides is 2. The molecule has 0 bridgehead atoms. The number of piperidine rings is 1. The molecule has 1 atom stereocenters. The lowest BCUT2D eigenvalue weighted by molar-refractivity contribution is -0.131. The van der Waals surface area contributed by atoms with Crippen LogP contribution in [-0.2, 0) is 22.7 Å². The number of amidine groups is 1. The quantitative estimate of drug-likeness (QED) is 0.925. The third-order valence-electron chi connectivity index (χ3n) is 4.61. The Morgan fingerprint density at radius 2 is 1.92 bits per heavy atom. The molecule has 4 rings (SSSR count). The highest BCUT2D eigenvalue weighted by Crippen LogP contribution is 2.30. The van der Waals surface area contributed by atoms with Crippen LogP contribution < -0.4 is 5.32 Å². The molecule has 0 saturated carbocycles. The number of nitrogens with one attached hydrogen (secondary N) is 1. The molecule has 0 spiro atoms. The van der Waals surface area contributed by atoms with Gasteiger partial charge in [-0.1, -0.05) is 48.5 Å². The van der Waals surface area contributed by atoms with Gasteiger partial charge in [-0.15, -0.1) is 0 Å². The van der Waals surface area contributed by atoms with Gasteiger partial charge in [-0.2, -0.15) is 0 Å². The van der Waals surface area contributed by atoms with Crippen molar-refractivity contribution in [2.24, 2.45) is 4.99 Å². The maximum Gasteiger partial charge on any atom is 0.408 e. The third kappa shape index (κ3) is 3.31. The molecule has 1 fully saturated rings. The number of ether oxygens (including phenoxy) is 1. The van der Waals surface area contributed by atoms with Crippen LogP contribution in [0.3, 0.4) is 0 Å². The molecular weight excluding hydrogens is 330 g/mol. The molecule has 0 aromatic heterocycles. The van der Waals surface area contributed by atoms with Crippen molar-refractivity contribution in [2.75, 3.05) is 0 Å². The van der Waals surface area contributed by atoms with Gasteiger partial charge >= 0.3 is 6.09 Å². The third-order valence-corrected chi connectivity index (χ3v) is 4.61. The Labute approximate surface area is 151 Å². The van der Waals surface area contributed by atoms with Crippen LogP contribution in [0.2, 0.25) is 0 Å². The van der Waals surface area contributed by atoms with E-state index in [1.165, 1.54) is 0 Å². The molecule has 0 aliphatic carbocycles. The minimum atomic E-state index is -0.581. The van der Waals surface area contributed by atoms with Crippen molar-refractivity contribution < 1.29 is 14.3 Å². The largest absolute Gasteiger partial charge is 0.445 e. The molecule has 1 N–H and O–H groups in total. The summed E-state index contributed by atoms with van der Waals surface area (Å²) in [6.45, 7) is 0.669. The highest BCUT2D eigenvalue weighted by atomic mass is 16.5. The van der Waals surface area contributed by atoms with E-state index in [4.69, 9.17) is 4.74 Å². The van der Waals surface area contributed by atoms with Gasteiger partial charge in [-0.3, -0.25) is 9.69 Å². The topological polar surface area (TPSA) is 71.0 Å². The van der Waals surface area contributed by atoms with Crippen LogP contribution in [0.25, 0.3) is 0 Å². The SMILES string of the molecule is O=C(N[C@H]1CCC2=Nc3ccccc3CN2C1=O)OCc1ccccc1. The van der Waals surface area contributed by atoms with Gasteiger partial charge in [0.15, 0.2) is 0 Å². The standard InChI is InChI=1S/C20H19N3O3/c24-19-17(22-20(25)26-13-14-6-2-1-3-7-14)10-11-18-21-16-9-5-4-8-15(16)12-23(18)19/h1-9,17H,10-13H2,(H,22,25)/t17-/m0/s1. The Kier molecular flexibility index (Phi) is 4.39. The van der Waals surface area contributed by atoms with Gasteiger partial charge in [0.05, 0.1) is 12.2 Å². The van der Waals surface area contributed by atoms with E-state index in [2.05, 4.69) is 10.3 Å². The predicted molar refractivity (Wildman–Crippen MR) is 96.9 cm³/mol. The Bertz CT molecular complexity index is 864. The number of rotatable bonds is 3. The molecule has 2 aromatic rings. The number of carbonyl (C=O) groups excluding carboxylic acids is 2. The fraction of sp³-hybridized carbons (Fsp3) is 0.250. The maximum atomic E-state index is 12.8. The van der Waals surface area contributed by atoms with Gasteiger partial charge < -0.3 is 10.1 Å². The average molecular weight is 349 g/mol. The van der Waals surface area contributed by atoms with Crippen molar-refractivity contribution in [3.8, 4) is 0 Å². The van der Waals surface area contributed by atoms with E-state index in [-0.39, 0.29) is 12.5 Å². The number of hydrogen-bond acceptors (Lipinski definition) is 4. The number of para-hydroxylation sites is 1. The van der Waals surface area contributed by atoms with E-state index in [0.717, 1.165) is 22.6 Å². The van der Waals surface area contributed by atoms with E-state index < -0.39 is 12.1 Å². The van der Waals surface area contributed by atoms with Gasteiger partial charge in [-0.25, -0.2) is 9.79 Å². The summed E-state index contributed by atoms with van der Waals surface area (Å²) in [5.41, 5.74) is 2.83. The second-order valence-corrected chi connectivity index (χ2v) is 6.38. The number of benzene rings is 2. The molecule has 6 heteroatoms. The van der Waals surface area contributed by atoms with Crippen molar-refractivity contribution in [2.45, 2.75) is 32.0 Å². The van der Waals surface area contributed by atoms with Crippen LogP contribution in [0.1, 0.15) is 24.0 Å². The molecule has 2 aliphatic heterocycles. The molecule has 2 amide bonds. The zero-order valence-electron chi connectivity index (χ0n) is 14.2. The van der Waals surface area contributed by atoms with Crippen LogP contribution in [0.5, 0.6) is 0 Å². The van der Waals surface area contributed by atoms with E-state index in [1.54, 1.807) is 4.90 Å². The van der Waals surface area contributed by atoms with Crippen LogP contribution >= 0.6 is 0 Å². The minimum absolute atomic E-state index is 0.138. The molecule has 2 aliphatic rings. The summed E-state index contributed by atoms with van der Waals surface area (Å²) in [4.78, 5) is 31.1. The molecule has 132 valence electrons. The molecule has 1 saturated heterocycles. The lowest BCUT2D eigenvalue weighted by atomic mass is 10.0. The summed E-state index contributed by atoms with van der Waals surface area (Å²) in [6.07, 6.45) is 0.588. The average Bonchev–Trinajstić information content (AvgIpc) is 2.68. The van der Waals surface area contributed by atoms with Crippen LogP contribution in [-0.4, -0.2) is 28.8 Å². The first-order valence-corrected chi connectivity index (χ1v) is 8.65. The highest BCUT2D eigenvalue weighted by Gasteiger charge is 2.36. The van der Waals surface area contributed by atoms with Gasteiger partial charge in [0.1, 0.15) is 18.5 Å². The Morgan fingerprint density at radius 3 is 2.77 bits per heavy atom. The Balaban J connectivity index is 1.38. The predicted octanol–water partition coefficient (Wildman–Crippen LogP) is 3.15. The summed E-state index contributed by atoms with van der Waals surface area (Å²) < 4.78 is 5.22. The fourth-order valence-corrected chi connectivity index (χ4v) is 3.24. The van der Waals surface area contributed by atoms with Crippen LogP contribution in [0.15, 0.2) is 59.6 Å². The number of aliphatic imine (C=N–C) groups is 1. The Morgan fingerprint density at radius 1 is 1.15 bits per heavy atom. The van der Waals surface area contributed by atoms with Gasteiger partial charge in [0.2, 0.25) is 0 Å². The summed E-state index contributed by atoms with van der Waals surface area (Å²) in [6, 6.07) is 16.7. The minimum Gasteiger partial charge on any atom is -0.445 e. The molecule has 26 heavy (non-hydrogen) atoms. The van der Waals surface area contributed by atoms with Crippen molar-refractivity contribution >= 4 is 23.5 Å². The molecule has 6 nitrogen and oxygen atoms in total. The van der Waals surface area contributed by atoms with E-state index in [9.17, 15) is 9.59 Å². The molecule has 2 heterocycles. The first kappa shape index (κ1) is 16.3. The lowest BCUT2D eigenvalue weighted by Gasteiger charge is -2.36. The number of hydrogen-bond donors (Lipinski definition) is 1. The van der Waals surface area contributed by atoms with Crippen LogP contribution in [0.4, 0.5) is 10.5 Å². The summed E-state index contributed by atoms with van der Waals surface area (Å²) in [7, 11) is 0. The smallest absolute Gasteiger partial charge is 0.408 e. The van der Waals surface area contributed by atoms with Gasteiger partial charge in [-0.05, 0) is 23.6 Å². The van der Waals surface area contributed by atoms with Crippen LogP contribution in [0, 0.1) is 0 Å². The lowest BCUT2D eigenvalue weighted by Crippen LogP contribution is -2.54.